The molecule has 0 saturated heterocycles. The van der Waals surface area contributed by atoms with Crippen LogP contribution in [0.15, 0.2) is 63.8 Å². The molecule has 2 atom stereocenters. The number of hydrazone groups is 1. The van der Waals surface area contributed by atoms with Gasteiger partial charge in [-0.05, 0) is 61.8 Å². The van der Waals surface area contributed by atoms with Crippen molar-refractivity contribution in [1.82, 2.24) is 0 Å². The lowest BCUT2D eigenvalue weighted by atomic mass is 9.86. The maximum atomic E-state index is 13.4. The lowest BCUT2D eigenvalue weighted by molar-refractivity contribution is -0.114. The van der Waals surface area contributed by atoms with Crippen LogP contribution in [0.25, 0.3) is 0 Å². The Morgan fingerprint density at radius 3 is 1.97 bits per heavy atom. The fraction of sp³-hybridized carbons (Fsp3) is 0.375. The highest BCUT2D eigenvalue weighted by atomic mass is 127. The fourth-order valence-corrected chi connectivity index (χ4v) is 5.99. The molecular weight excluding hydrogens is 638 g/mol. The maximum Gasteiger partial charge on any atom is 0.281 e. The molecule has 2 aliphatic rings. The third-order valence-corrected chi connectivity index (χ3v) is 8.12. The van der Waals surface area contributed by atoms with Crippen molar-refractivity contribution in [1.29, 1.82) is 0 Å². The molecule has 31 heavy (non-hydrogen) atoms. The molecule has 0 spiro atoms. The third kappa shape index (κ3) is 5.33. The second kappa shape index (κ2) is 10.7. The summed E-state index contributed by atoms with van der Waals surface area (Å²) in [7, 11) is 0. The van der Waals surface area contributed by atoms with Crippen molar-refractivity contribution in [3.05, 3.63) is 63.7 Å². The highest BCUT2D eigenvalue weighted by Gasteiger charge is 2.34. The maximum absolute atomic E-state index is 13.4. The largest absolute Gasteiger partial charge is 0.289 e. The van der Waals surface area contributed by atoms with Crippen molar-refractivity contribution >= 4 is 79.9 Å². The van der Waals surface area contributed by atoms with Crippen LogP contribution in [0.3, 0.4) is 0 Å². The van der Waals surface area contributed by atoms with Gasteiger partial charge in [-0.15, -0.1) is 0 Å². The number of carbonyl (C=O) groups excluding carboxylic acids is 2. The first kappa shape index (κ1) is 24.6. The van der Waals surface area contributed by atoms with Crippen LogP contribution in [0, 0.1) is 0 Å². The van der Waals surface area contributed by atoms with E-state index in [0.29, 0.717) is 22.0 Å². The minimum atomic E-state index is -0.184. The highest BCUT2D eigenvalue weighted by Crippen LogP contribution is 2.35. The fourth-order valence-electron chi connectivity index (χ4n) is 3.70. The van der Waals surface area contributed by atoms with Gasteiger partial charge >= 0.3 is 0 Å². The van der Waals surface area contributed by atoms with E-state index in [-0.39, 0.29) is 19.5 Å². The van der Waals surface area contributed by atoms with Gasteiger partial charge < -0.3 is 0 Å². The lowest BCUT2D eigenvalue weighted by Crippen LogP contribution is -2.25. The molecular formula is C24H25ClI2N2O2. The molecule has 7 heteroatoms. The van der Waals surface area contributed by atoms with Crippen LogP contribution in [0.4, 0.5) is 5.69 Å². The zero-order chi connectivity index (χ0) is 22.7. The summed E-state index contributed by atoms with van der Waals surface area (Å²) in [6.45, 7) is 6.08. The van der Waals surface area contributed by atoms with Crippen molar-refractivity contribution < 1.29 is 9.59 Å². The number of carbonyl (C=O) groups is 2. The van der Waals surface area contributed by atoms with Crippen molar-refractivity contribution in [3.8, 4) is 0 Å². The number of alkyl halides is 2. The van der Waals surface area contributed by atoms with Gasteiger partial charge in [0.05, 0.1) is 17.0 Å². The summed E-state index contributed by atoms with van der Waals surface area (Å²) >= 11 is 10.7. The molecule has 1 aliphatic carbocycles. The molecule has 1 aromatic carbocycles. The van der Waals surface area contributed by atoms with Crippen molar-refractivity contribution in [2.45, 2.75) is 54.3 Å². The Balaban J connectivity index is 2.09. The van der Waals surface area contributed by atoms with Crippen LogP contribution < -0.4 is 5.01 Å². The molecule has 0 saturated carbocycles. The molecule has 164 valence electrons. The molecule has 1 aromatic rings. The third-order valence-electron chi connectivity index (χ3n) is 5.28. The van der Waals surface area contributed by atoms with Gasteiger partial charge in [-0.1, -0.05) is 83.5 Å². The minimum Gasteiger partial charge on any atom is -0.289 e. The topological polar surface area (TPSA) is 49.7 Å². The molecule has 0 fully saturated rings. The number of amides is 1. The van der Waals surface area contributed by atoms with Crippen molar-refractivity contribution in [3.63, 3.8) is 0 Å². The predicted molar refractivity (Wildman–Crippen MR) is 146 cm³/mol. The van der Waals surface area contributed by atoms with Crippen LogP contribution in [0.5, 0.6) is 0 Å². The van der Waals surface area contributed by atoms with Crippen LogP contribution in [0.1, 0.15) is 46.5 Å². The van der Waals surface area contributed by atoms with Crippen LogP contribution >= 0.6 is 56.8 Å². The van der Waals surface area contributed by atoms with Gasteiger partial charge in [0.25, 0.3) is 5.91 Å². The van der Waals surface area contributed by atoms with E-state index in [1.54, 1.807) is 24.3 Å². The number of anilines is 1. The SMILES string of the molecule is CCCC(I)C1=CC(=C2C(=O)N(c3ccc(Cl)cc3)N=C2C)C=C(C(I)CCC)C1=O. The number of Topliss-reactive ketones (excluding diaryl/α,β-unsaturated/α-hetero) is 1. The first-order valence-corrected chi connectivity index (χ1v) is 13.3. The second-order valence-corrected chi connectivity index (χ2v) is 11.1. The Morgan fingerprint density at radius 1 is 0.968 bits per heavy atom. The molecule has 0 N–H and O–H groups in total. The van der Waals surface area contributed by atoms with Gasteiger partial charge in [-0.2, -0.15) is 10.1 Å². The molecule has 3 rings (SSSR count). The summed E-state index contributed by atoms with van der Waals surface area (Å²) in [4.78, 5) is 26.7. The smallest absolute Gasteiger partial charge is 0.281 e. The summed E-state index contributed by atoms with van der Waals surface area (Å²) in [5.74, 6) is -0.0731. The van der Waals surface area contributed by atoms with Crippen molar-refractivity contribution in [2.75, 3.05) is 5.01 Å². The minimum absolute atomic E-state index is 0.111. The monoisotopic (exact) mass is 662 g/mol. The summed E-state index contributed by atoms with van der Waals surface area (Å²) in [5.41, 5.74) is 4.22. The summed E-state index contributed by atoms with van der Waals surface area (Å²) in [6.07, 6.45) is 7.65. The van der Waals surface area contributed by atoms with E-state index in [2.05, 4.69) is 64.1 Å². The summed E-state index contributed by atoms with van der Waals surface area (Å²) < 4.78 is 0.224. The van der Waals surface area contributed by atoms with Gasteiger partial charge in [-0.25, -0.2) is 0 Å². The number of rotatable bonds is 7. The van der Waals surface area contributed by atoms with Crippen LogP contribution in [0.2, 0.25) is 5.02 Å². The van der Waals surface area contributed by atoms with E-state index >= 15 is 0 Å². The van der Waals surface area contributed by atoms with Gasteiger partial charge in [-0.3, -0.25) is 9.59 Å². The first-order chi connectivity index (χ1) is 14.8. The Kier molecular flexibility index (Phi) is 8.54. The van der Waals surface area contributed by atoms with Gasteiger partial charge in [0.1, 0.15) is 0 Å². The Morgan fingerprint density at radius 2 is 1.48 bits per heavy atom. The number of ketones is 1. The molecule has 1 heterocycles. The molecule has 4 nitrogen and oxygen atoms in total. The summed E-state index contributed by atoms with van der Waals surface area (Å²) in [5, 5.41) is 6.52. The van der Waals surface area contributed by atoms with Crippen LogP contribution in [-0.4, -0.2) is 25.3 Å². The van der Waals surface area contributed by atoms with E-state index in [4.69, 9.17) is 11.6 Å². The standard InChI is InChI=1S/C24H25ClI2N2O2/c1-4-6-20(26)18-12-15(13-19(23(18)30)21(27)7-5-2)22-14(3)28-29(24(22)31)17-10-8-16(25)9-11-17/h8-13,20-21H,4-7H2,1-3H3. The van der Waals surface area contributed by atoms with Gasteiger partial charge in [0, 0.05) is 24.0 Å². The second-order valence-electron chi connectivity index (χ2n) is 7.65. The van der Waals surface area contributed by atoms with E-state index in [1.165, 1.54) is 5.01 Å². The number of hydrogen-bond acceptors (Lipinski definition) is 3. The molecule has 1 aliphatic heterocycles. The van der Waals surface area contributed by atoms with Gasteiger partial charge in [0.2, 0.25) is 0 Å². The number of benzene rings is 1. The Labute approximate surface area is 216 Å². The number of halogens is 3. The molecule has 0 radical (unpaired) electrons. The van der Waals surface area contributed by atoms with Crippen LogP contribution in [-0.2, 0) is 9.59 Å². The highest BCUT2D eigenvalue weighted by molar-refractivity contribution is 14.1. The molecule has 0 bridgehead atoms. The van der Waals surface area contributed by atoms with Crippen molar-refractivity contribution in [2.24, 2.45) is 5.10 Å². The summed E-state index contributed by atoms with van der Waals surface area (Å²) in [6, 6.07) is 7.04. The molecule has 2 unspecified atom stereocenters. The quantitative estimate of drug-likeness (QED) is 0.179. The average Bonchev–Trinajstić information content (AvgIpc) is 3.03. The first-order valence-electron chi connectivity index (χ1n) is 10.4. The molecule has 1 amide bonds. The lowest BCUT2D eigenvalue weighted by Gasteiger charge is -2.23. The average molecular weight is 663 g/mol. The molecule has 0 aromatic heterocycles. The zero-order valence-corrected chi connectivity index (χ0v) is 22.9. The van der Waals surface area contributed by atoms with E-state index < -0.39 is 0 Å². The Bertz CT molecular complexity index is 975. The van der Waals surface area contributed by atoms with Gasteiger partial charge in [0.15, 0.2) is 5.78 Å². The normalized spacial score (nSPS) is 18.8. The number of allylic oxidation sites excluding steroid dienone is 5. The number of nitrogens with zero attached hydrogens (tertiary/aromatic N) is 2. The predicted octanol–water partition coefficient (Wildman–Crippen LogP) is 7.00. The number of hydrogen-bond donors (Lipinski definition) is 0. The van der Waals surface area contributed by atoms with E-state index in [0.717, 1.165) is 42.4 Å². The van der Waals surface area contributed by atoms with E-state index in [1.807, 2.05) is 19.1 Å². The Hall–Kier alpha value is -1.00. The zero-order valence-electron chi connectivity index (χ0n) is 17.8. The van der Waals surface area contributed by atoms with E-state index in [9.17, 15) is 9.59 Å².